The van der Waals surface area contributed by atoms with Gasteiger partial charge in [-0.05, 0) is 30.7 Å². The molecule has 0 aliphatic carbocycles. The lowest BCUT2D eigenvalue weighted by molar-refractivity contribution is -0.117. The number of nitrogens with one attached hydrogen (secondary N) is 2. The summed E-state index contributed by atoms with van der Waals surface area (Å²) in [6.45, 7) is 0.435. The van der Waals surface area contributed by atoms with E-state index in [9.17, 15) is 9.59 Å². The van der Waals surface area contributed by atoms with Crippen molar-refractivity contribution in [2.75, 3.05) is 26.1 Å². The van der Waals surface area contributed by atoms with E-state index in [-0.39, 0.29) is 11.8 Å². The Morgan fingerprint density at radius 2 is 1.95 bits per heavy atom. The lowest BCUT2D eigenvalue weighted by atomic mass is 10.1. The Bertz CT molecular complexity index is 431. The second-order valence-corrected chi connectivity index (χ2v) is 4.03. The quantitative estimate of drug-likeness (QED) is 0.692. The monoisotopic (exact) mass is 265 g/mol. The molecule has 0 saturated carbocycles. The van der Waals surface area contributed by atoms with Gasteiger partial charge in [0.05, 0.1) is 6.04 Å². The number of benzene rings is 1. The van der Waals surface area contributed by atoms with Gasteiger partial charge in [0, 0.05) is 32.0 Å². The number of hydrogen-bond donors (Lipinski definition) is 3. The Balaban J connectivity index is 2.57. The standard InChI is InChI=1S/C13H19N3O3/c1-15-12(17)9-3-5-10(6-4-9)16-13(18)11(14)7-8-19-2/h3-6,11H,7-8,14H2,1-2H3,(H,15,17)(H,16,18). The molecule has 0 aromatic heterocycles. The van der Waals surface area contributed by atoms with Gasteiger partial charge < -0.3 is 21.1 Å². The van der Waals surface area contributed by atoms with E-state index in [1.165, 1.54) is 0 Å². The molecule has 19 heavy (non-hydrogen) atoms. The van der Waals surface area contributed by atoms with E-state index in [0.717, 1.165) is 0 Å². The van der Waals surface area contributed by atoms with E-state index >= 15 is 0 Å². The molecule has 1 unspecified atom stereocenters. The molecule has 0 radical (unpaired) electrons. The van der Waals surface area contributed by atoms with Gasteiger partial charge in [0.2, 0.25) is 5.91 Å². The summed E-state index contributed by atoms with van der Waals surface area (Å²) >= 11 is 0. The molecule has 0 spiro atoms. The lowest BCUT2D eigenvalue weighted by Crippen LogP contribution is -2.36. The third kappa shape index (κ3) is 4.69. The van der Waals surface area contributed by atoms with Gasteiger partial charge in [-0.25, -0.2) is 0 Å². The third-order valence-electron chi connectivity index (χ3n) is 2.61. The molecule has 0 aliphatic heterocycles. The van der Waals surface area contributed by atoms with Crippen LogP contribution in [-0.2, 0) is 9.53 Å². The lowest BCUT2D eigenvalue weighted by Gasteiger charge is -2.12. The van der Waals surface area contributed by atoms with E-state index in [0.29, 0.717) is 24.3 Å². The van der Waals surface area contributed by atoms with E-state index in [2.05, 4.69) is 10.6 Å². The molecule has 0 bridgehead atoms. The molecular formula is C13H19N3O3. The summed E-state index contributed by atoms with van der Waals surface area (Å²) in [5.74, 6) is -0.445. The fourth-order valence-electron chi connectivity index (χ4n) is 1.46. The Kier molecular flexibility index (Phi) is 5.98. The number of carbonyl (C=O) groups excluding carboxylic acids is 2. The van der Waals surface area contributed by atoms with Gasteiger partial charge >= 0.3 is 0 Å². The molecule has 2 amide bonds. The number of amides is 2. The number of methoxy groups -OCH3 is 1. The van der Waals surface area contributed by atoms with Crippen molar-refractivity contribution in [2.24, 2.45) is 5.73 Å². The molecular weight excluding hydrogens is 246 g/mol. The van der Waals surface area contributed by atoms with Crippen LogP contribution >= 0.6 is 0 Å². The van der Waals surface area contributed by atoms with Crippen LogP contribution in [0.1, 0.15) is 16.8 Å². The SMILES string of the molecule is CNC(=O)c1ccc(NC(=O)C(N)CCOC)cc1. The Morgan fingerprint density at radius 3 is 2.47 bits per heavy atom. The predicted molar refractivity (Wildman–Crippen MR) is 72.9 cm³/mol. The van der Waals surface area contributed by atoms with Crippen molar-refractivity contribution in [3.63, 3.8) is 0 Å². The molecule has 0 fully saturated rings. The second kappa shape index (κ2) is 7.50. The minimum Gasteiger partial charge on any atom is -0.385 e. The zero-order valence-corrected chi connectivity index (χ0v) is 11.1. The fourth-order valence-corrected chi connectivity index (χ4v) is 1.46. The number of rotatable bonds is 6. The van der Waals surface area contributed by atoms with E-state index in [1.54, 1.807) is 38.4 Å². The van der Waals surface area contributed by atoms with Crippen molar-refractivity contribution in [2.45, 2.75) is 12.5 Å². The Morgan fingerprint density at radius 1 is 1.32 bits per heavy atom. The van der Waals surface area contributed by atoms with Gasteiger partial charge in [-0.15, -0.1) is 0 Å². The van der Waals surface area contributed by atoms with Crippen molar-refractivity contribution in [3.05, 3.63) is 29.8 Å². The van der Waals surface area contributed by atoms with E-state index in [1.807, 2.05) is 0 Å². The summed E-state index contributed by atoms with van der Waals surface area (Å²) in [7, 11) is 3.12. The van der Waals surface area contributed by atoms with Gasteiger partial charge in [-0.2, -0.15) is 0 Å². The van der Waals surface area contributed by atoms with Crippen LogP contribution in [-0.4, -0.2) is 38.6 Å². The molecule has 0 heterocycles. The van der Waals surface area contributed by atoms with Crippen molar-refractivity contribution < 1.29 is 14.3 Å². The van der Waals surface area contributed by atoms with Crippen LogP contribution in [0.4, 0.5) is 5.69 Å². The topological polar surface area (TPSA) is 93.5 Å². The number of ether oxygens (including phenoxy) is 1. The summed E-state index contributed by atoms with van der Waals surface area (Å²) in [5.41, 5.74) is 6.83. The van der Waals surface area contributed by atoms with Gasteiger partial charge in [0.1, 0.15) is 0 Å². The molecule has 104 valence electrons. The van der Waals surface area contributed by atoms with E-state index < -0.39 is 6.04 Å². The highest BCUT2D eigenvalue weighted by Crippen LogP contribution is 2.10. The Hall–Kier alpha value is -1.92. The molecule has 0 aliphatic rings. The summed E-state index contributed by atoms with van der Waals surface area (Å²) < 4.78 is 4.86. The predicted octanol–water partition coefficient (Wildman–Crippen LogP) is 0.349. The summed E-state index contributed by atoms with van der Waals surface area (Å²) in [5, 5.41) is 5.21. The molecule has 1 aromatic carbocycles. The smallest absolute Gasteiger partial charge is 0.251 e. The third-order valence-corrected chi connectivity index (χ3v) is 2.61. The molecule has 4 N–H and O–H groups in total. The van der Waals surface area contributed by atoms with Crippen molar-refractivity contribution in [3.8, 4) is 0 Å². The van der Waals surface area contributed by atoms with Crippen molar-refractivity contribution in [1.82, 2.24) is 5.32 Å². The summed E-state index contributed by atoms with van der Waals surface area (Å²) in [4.78, 5) is 23.1. The molecule has 1 aromatic rings. The van der Waals surface area contributed by atoms with Gasteiger partial charge in [0.25, 0.3) is 5.91 Å². The zero-order valence-electron chi connectivity index (χ0n) is 11.1. The summed E-state index contributed by atoms with van der Waals surface area (Å²) in [6.07, 6.45) is 0.457. The minimum absolute atomic E-state index is 0.172. The highest BCUT2D eigenvalue weighted by molar-refractivity contribution is 5.96. The number of anilines is 1. The largest absolute Gasteiger partial charge is 0.385 e. The van der Waals surface area contributed by atoms with Crippen LogP contribution in [0.3, 0.4) is 0 Å². The highest BCUT2D eigenvalue weighted by Gasteiger charge is 2.13. The van der Waals surface area contributed by atoms with Gasteiger partial charge in [-0.1, -0.05) is 0 Å². The van der Waals surface area contributed by atoms with E-state index in [4.69, 9.17) is 10.5 Å². The average Bonchev–Trinajstić information content (AvgIpc) is 2.44. The van der Waals surface area contributed by atoms with Crippen LogP contribution in [0.5, 0.6) is 0 Å². The average molecular weight is 265 g/mol. The normalized spacial score (nSPS) is 11.7. The first kappa shape index (κ1) is 15.1. The number of hydrogen-bond acceptors (Lipinski definition) is 4. The molecule has 6 heteroatoms. The molecule has 1 atom stereocenters. The summed E-state index contributed by atoms with van der Waals surface area (Å²) in [6, 6.07) is 5.97. The highest BCUT2D eigenvalue weighted by atomic mass is 16.5. The van der Waals surface area contributed by atoms with Gasteiger partial charge in [0.15, 0.2) is 0 Å². The van der Waals surface area contributed by atoms with Crippen LogP contribution in [0, 0.1) is 0 Å². The first-order chi connectivity index (χ1) is 9.08. The fraction of sp³-hybridized carbons (Fsp3) is 0.385. The zero-order chi connectivity index (χ0) is 14.3. The Labute approximate surface area is 112 Å². The van der Waals surface area contributed by atoms with Crippen LogP contribution in [0.25, 0.3) is 0 Å². The molecule has 6 nitrogen and oxygen atoms in total. The van der Waals surface area contributed by atoms with Crippen LogP contribution < -0.4 is 16.4 Å². The first-order valence-electron chi connectivity index (χ1n) is 5.96. The second-order valence-electron chi connectivity index (χ2n) is 4.03. The molecule has 1 rings (SSSR count). The van der Waals surface area contributed by atoms with Crippen LogP contribution in [0.15, 0.2) is 24.3 Å². The van der Waals surface area contributed by atoms with Crippen LogP contribution in [0.2, 0.25) is 0 Å². The molecule has 0 saturated heterocycles. The first-order valence-corrected chi connectivity index (χ1v) is 5.96. The number of nitrogens with two attached hydrogens (primary N) is 1. The minimum atomic E-state index is -0.612. The maximum Gasteiger partial charge on any atom is 0.251 e. The number of carbonyl (C=O) groups is 2. The van der Waals surface area contributed by atoms with Gasteiger partial charge in [-0.3, -0.25) is 9.59 Å². The maximum absolute atomic E-state index is 11.7. The van der Waals surface area contributed by atoms with Crippen molar-refractivity contribution in [1.29, 1.82) is 0 Å². The van der Waals surface area contributed by atoms with Crippen molar-refractivity contribution >= 4 is 17.5 Å². The maximum atomic E-state index is 11.7.